The maximum atomic E-state index is 12.8. The van der Waals surface area contributed by atoms with Crippen molar-refractivity contribution in [1.29, 1.82) is 0 Å². The van der Waals surface area contributed by atoms with E-state index in [9.17, 15) is 20.0 Å². The third kappa shape index (κ3) is 7.01. The van der Waals surface area contributed by atoms with Gasteiger partial charge < -0.3 is 14.6 Å². The third-order valence-corrected chi connectivity index (χ3v) is 6.40. The minimum atomic E-state index is -1.13. The highest BCUT2D eigenvalue weighted by Crippen LogP contribution is 2.36. The summed E-state index contributed by atoms with van der Waals surface area (Å²) in [7, 11) is 0. The fourth-order valence-corrected chi connectivity index (χ4v) is 4.68. The average Bonchev–Trinajstić information content (AvgIpc) is 2.85. The van der Waals surface area contributed by atoms with Crippen LogP contribution in [0.4, 0.5) is 4.79 Å². The Morgan fingerprint density at radius 3 is 2.24 bits per heavy atom. The molecule has 1 N–H and O–H groups in total. The monoisotopic (exact) mass is 470 g/mol. The number of rotatable bonds is 11. The van der Waals surface area contributed by atoms with Crippen LogP contribution in [0, 0.1) is 22.0 Å². The Hall–Kier alpha value is -2.97. The van der Waals surface area contributed by atoms with E-state index in [-0.39, 0.29) is 24.0 Å². The smallest absolute Gasteiger partial charge is 0.412 e. The molecule has 2 aromatic carbocycles. The van der Waals surface area contributed by atoms with Gasteiger partial charge in [0.2, 0.25) is 6.04 Å². The number of aliphatic hydroxyl groups is 1. The molecule has 184 valence electrons. The van der Waals surface area contributed by atoms with E-state index in [1.165, 1.54) is 0 Å². The molecule has 0 aromatic heterocycles. The van der Waals surface area contributed by atoms with Crippen LogP contribution in [0.25, 0.3) is 0 Å². The molecule has 1 fully saturated rings. The fourth-order valence-electron chi connectivity index (χ4n) is 4.68. The number of piperidine rings is 1. The predicted octanol–water partition coefficient (Wildman–Crippen LogP) is 4.63. The van der Waals surface area contributed by atoms with Gasteiger partial charge in [0.25, 0.3) is 0 Å². The van der Waals surface area contributed by atoms with Crippen LogP contribution in [0.15, 0.2) is 60.7 Å². The van der Waals surface area contributed by atoms with Crippen LogP contribution in [-0.2, 0) is 22.7 Å². The van der Waals surface area contributed by atoms with Crippen molar-refractivity contribution in [3.8, 4) is 0 Å². The van der Waals surface area contributed by atoms with Gasteiger partial charge in [0.05, 0.1) is 13.2 Å². The van der Waals surface area contributed by atoms with Crippen LogP contribution in [0.5, 0.6) is 0 Å². The van der Waals surface area contributed by atoms with E-state index in [1.54, 1.807) is 0 Å². The lowest BCUT2D eigenvalue weighted by Crippen LogP contribution is -2.59. The molecule has 1 aliphatic heterocycles. The van der Waals surface area contributed by atoms with Crippen molar-refractivity contribution in [1.82, 2.24) is 4.90 Å². The highest BCUT2D eigenvalue weighted by molar-refractivity contribution is 5.68. The normalized spacial score (nSPS) is 22.4. The standard InChI is InChI=1S/C26H34N2O6/c1-2-10-22-23(15-9-16-33-18-20-11-5-3-6-12-20)25(29)27(17-24(22)28(31)32)26(30)34-19-21-13-7-4-8-14-21/h3-8,11-14,22-25,29H,2,9-10,15-19H2,1H3/t22-,23-,24-,25+/m0/s1. The van der Waals surface area contributed by atoms with E-state index >= 15 is 0 Å². The molecule has 0 radical (unpaired) electrons. The first-order valence-electron chi connectivity index (χ1n) is 11.9. The van der Waals surface area contributed by atoms with E-state index in [4.69, 9.17) is 9.47 Å². The van der Waals surface area contributed by atoms with Crippen LogP contribution in [0.3, 0.4) is 0 Å². The summed E-state index contributed by atoms with van der Waals surface area (Å²) in [6.45, 7) is 2.82. The van der Waals surface area contributed by atoms with Gasteiger partial charge >= 0.3 is 6.09 Å². The molecule has 1 heterocycles. The first-order valence-corrected chi connectivity index (χ1v) is 11.9. The summed E-state index contributed by atoms with van der Waals surface area (Å²) in [5, 5.41) is 23.0. The molecule has 34 heavy (non-hydrogen) atoms. The molecule has 1 amide bonds. The van der Waals surface area contributed by atoms with Gasteiger partial charge in [-0.2, -0.15) is 0 Å². The highest BCUT2D eigenvalue weighted by Gasteiger charge is 2.49. The van der Waals surface area contributed by atoms with E-state index in [1.807, 2.05) is 67.6 Å². The van der Waals surface area contributed by atoms with Crippen LogP contribution in [0.1, 0.15) is 43.7 Å². The largest absolute Gasteiger partial charge is 0.444 e. The molecular formula is C26H34N2O6. The van der Waals surface area contributed by atoms with Gasteiger partial charge in [0.1, 0.15) is 12.8 Å². The van der Waals surface area contributed by atoms with Crippen molar-refractivity contribution in [2.24, 2.45) is 11.8 Å². The number of benzene rings is 2. The average molecular weight is 471 g/mol. The van der Waals surface area contributed by atoms with Crippen molar-refractivity contribution in [2.75, 3.05) is 13.2 Å². The van der Waals surface area contributed by atoms with Crippen LogP contribution in [-0.4, -0.2) is 46.4 Å². The Morgan fingerprint density at radius 1 is 1.03 bits per heavy atom. The highest BCUT2D eigenvalue weighted by atomic mass is 16.6. The maximum absolute atomic E-state index is 12.8. The molecule has 2 aromatic rings. The summed E-state index contributed by atoms with van der Waals surface area (Å²) >= 11 is 0. The number of carbonyl (C=O) groups excluding carboxylic acids is 1. The topological polar surface area (TPSA) is 102 Å². The van der Waals surface area contributed by atoms with Crippen molar-refractivity contribution < 1.29 is 24.3 Å². The Bertz CT molecular complexity index is 895. The minimum absolute atomic E-state index is 0.0441. The van der Waals surface area contributed by atoms with Crippen molar-refractivity contribution in [3.05, 3.63) is 81.9 Å². The number of hydrogen-bond acceptors (Lipinski definition) is 6. The molecule has 0 bridgehead atoms. The summed E-state index contributed by atoms with van der Waals surface area (Å²) in [6, 6.07) is 18.1. The van der Waals surface area contributed by atoms with Crippen LogP contribution in [0.2, 0.25) is 0 Å². The number of nitro groups is 1. The minimum Gasteiger partial charge on any atom is -0.444 e. The lowest BCUT2D eigenvalue weighted by Gasteiger charge is -2.43. The van der Waals surface area contributed by atoms with Crippen LogP contribution >= 0.6 is 0 Å². The Morgan fingerprint density at radius 2 is 1.65 bits per heavy atom. The summed E-state index contributed by atoms with van der Waals surface area (Å²) in [6.07, 6.45) is 0.667. The first-order chi connectivity index (χ1) is 16.5. The van der Waals surface area contributed by atoms with Gasteiger partial charge in [-0.05, 0) is 30.4 Å². The van der Waals surface area contributed by atoms with Crippen LogP contribution < -0.4 is 0 Å². The van der Waals surface area contributed by atoms with Gasteiger partial charge in [-0.15, -0.1) is 0 Å². The number of carbonyl (C=O) groups is 1. The van der Waals surface area contributed by atoms with Gasteiger partial charge in [-0.25, -0.2) is 4.79 Å². The summed E-state index contributed by atoms with van der Waals surface area (Å²) in [4.78, 5) is 25.5. The van der Waals surface area contributed by atoms with Crippen molar-refractivity contribution >= 4 is 6.09 Å². The first kappa shape index (κ1) is 25.6. The number of amides is 1. The van der Waals surface area contributed by atoms with Gasteiger partial charge in [0.15, 0.2) is 0 Å². The molecule has 1 saturated heterocycles. The van der Waals surface area contributed by atoms with E-state index in [2.05, 4.69) is 0 Å². The van der Waals surface area contributed by atoms with Gasteiger partial charge in [-0.1, -0.05) is 74.0 Å². The number of likely N-dealkylation sites (tertiary alicyclic amines) is 1. The number of aliphatic hydroxyl groups excluding tert-OH is 1. The molecular weight excluding hydrogens is 436 g/mol. The third-order valence-electron chi connectivity index (χ3n) is 6.40. The van der Waals surface area contributed by atoms with E-state index < -0.39 is 24.3 Å². The van der Waals surface area contributed by atoms with Crippen molar-refractivity contribution in [2.45, 2.75) is 58.1 Å². The molecule has 8 heteroatoms. The molecule has 3 rings (SSSR count). The Labute approximate surface area is 200 Å². The number of nitrogens with zero attached hydrogens (tertiary/aromatic N) is 2. The zero-order chi connectivity index (χ0) is 24.3. The molecule has 0 aliphatic carbocycles. The molecule has 0 spiro atoms. The Balaban J connectivity index is 1.62. The van der Waals surface area contributed by atoms with Gasteiger partial charge in [-0.3, -0.25) is 15.0 Å². The van der Waals surface area contributed by atoms with E-state index in [0.29, 0.717) is 32.5 Å². The number of hydrogen-bond donors (Lipinski definition) is 1. The zero-order valence-corrected chi connectivity index (χ0v) is 19.6. The summed E-state index contributed by atoms with van der Waals surface area (Å²) < 4.78 is 11.1. The predicted molar refractivity (Wildman–Crippen MR) is 127 cm³/mol. The van der Waals surface area contributed by atoms with Gasteiger partial charge in [0, 0.05) is 23.4 Å². The summed E-state index contributed by atoms with van der Waals surface area (Å²) in [5.41, 5.74) is 1.88. The quantitative estimate of drug-likeness (QED) is 0.292. The molecule has 4 atom stereocenters. The lowest BCUT2D eigenvalue weighted by molar-refractivity contribution is -0.541. The summed E-state index contributed by atoms with van der Waals surface area (Å²) in [5.74, 6) is -0.740. The molecule has 1 aliphatic rings. The zero-order valence-electron chi connectivity index (χ0n) is 19.6. The fraction of sp³-hybridized carbons (Fsp3) is 0.500. The molecule has 0 saturated carbocycles. The Kier molecular flexibility index (Phi) is 9.85. The second kappa shape index (κ2) is 13.1. The second-order valence-electron chi connectivity index (χ2n) is 8.76. The van der Waals surface area contributed by atoms with E-state index in [0.717, 1.165) is 22.4 Å². The second-order valence-corrected chi connectivity index (χ2v) is 8.76. The SMILES string of the molecule is CCC[C@H]1[C@H](CCCOCc2ccccc2)[C@@H](O)N(C(=O)OCc2ccccc2)C[C@@H]1[N+](=O)[O-]. The number of ether oxygens (including phenoxy) is 2. The maximum Gasteiger partial charge on any atom is 0.412 e. The molecule has 0 unspecified atom stereocenters. The van der Waals surface area contributed by atoms with Crippen molar-refractivity contribution in [3.63, 3.8) is 0 Å². The lowest BCUT2D eigenvalue weighted by atomic mass is 9.76. The molecule has 8 nitrogen and oxygen atoms in total.